The lowest BCUT2D eigenvalue weighted by Crippen LogP contribution is -2.87. The second kappa shape index (κ2) is 9.08. The molecular weight excluding hydrogens is 378 g/mol. The first-order valence-electron chi connectivity index (χ1n) is 9.15. The number of carbonyl (C=O) groups excluding carboxylic acids is 1. The second-order valence-corrected chi connectivity index (χ2v) is 7.91. The molecule has 1 amide bonds. The number of hydrogen-bond acceptors (Lipinski definition) is 2. The van der Waals surface area contributed by atoms with E-state index in [2.05, 4.69) is 43.4 Å². The lowest BCUT2D eigenvalue weighted by Gasteiger charge is -2.16. The van der Waals surface area contributed by atoms with Crippen LogP contribution in [0.15, 0.2) is 60.0 Å². The minimum absolute atomic E-state index is 0.0197. The Morgan fingerprint density at radius 3 is 2.39 bits per heavy atom. The highest BCUT2D eigenvalue weighted by molar-refractivity contribution is 7.10. The summed E-state index contributed by atoms with van der Waals surface area (Å²) in [4.78, 5) is 13.4. The number of thiophene rings is 1. The number of carbonyl (C=O) groups is 1. The fraction of sp³-hybridized carbons (Fsp3) is 0.227. The van der Waals surface area contributed by atoms with E-state index in [-0.39, 0.29) is 24.2 Å². The molecule has 0 unspecified atom stereocenters. The summed E-state index contributed by atoms with van der Waals surface area (Å²) in [6.45, 7) is 4.42. The fourth-order valence-electron chi connectivity index (χ4n) is 2.99. The molecule has 3 nitrogen and oxygen atoms in total. The fourth-order valence-corrected chi connectivity index (χ4v) is 3.84. The molecule has 0 bridgehead atoms. The van der Waals surface area contributed by atoms with Crippen LogP contribution in [0.25, 0.3) is 0 Å². The molecule has 3 aromatic rings. The van der Waals surface area contributed by atoms with Gasteiger partial charge in [-0.05, 0) is 35.1 Å². The van der Waals surface area contributed by atoms with Gasteiger partial charge in [-0.3, -0.25) is 4.79 Å². The third-order valence-electron chi connectivity index (χ3n) is 4.56. The molecule has 1 heterocycles. The Kier molecular flexibility index (Phi) is 6.54. The third-order valence-corrected chi connectivity index (χ3v) is 5.51. The van der Waals surface area contributed by atoms with Crippen molar-refractivity contribution in [1.29, 1.82) is 0 Å². The van der Waals surface area contributed by atoms with Gasteiger partial charge < -0.3 is 10.6 Å². The van der Waals surface area contributed by atoms with Gasteiger partial charge >= 0.3 is 0 Å². The SMILES string of the molecule is CC(C)c1ccc([C@@H]([NH2+]CC(=O)Nc2ccc(F)cc2F)c2cccs2)cc1. The molecule has 3 rings (SSSR count). The summed E-state index contributed by atoms with van der Waals surface area (Å²) in [5.74, 6) is -1.35. The first kappa shape index (κ1) is 20.2. The highest BCUT2D eigenvalue weighted by Crippen LogP contribution is 2.24. The summed E-state index contributed by atoms with van der Waals surface area (Å²) >= 11 is 1.63. The van der Waals surface area contributed by atoms with Crippen LogP contribution in [0.2, 0.25) is 0 Å². The molecule has 0 saturated carbocycles. The van der Waals surface area contributed by atoms with Crippen molar-refractivity contribution in [2.75, 3.05) is 11.9 Å². The number of nitrogens with two attached hydrogens (primary N) is 1. The van der Waals surface area contributed by atoms with Crippen molar-refractivity contribution < 1.29 is 18.9 Å². The van der Waals surface area contributed by atoms with Crippen molar-refractivity contribution in [3.63, 3.8) is 0 Å². The number of amides is 1. The van der Waals surface area contributed by atoms with Crippen LogP contribution in [0.1, 0.15) is 41.8 Å². The van der Waals surface area contributed by atoms with E-state index in [0.717, 1.165) is 22.6 Å². The van der Waals surface area contributed by atoms with Gasteiger partial charge in [0.2, 0.25) is 0 Å². The smallest absolute Gasteiger partial charge is 0.279 e. The lowest BCUT2D eigenvalue weighted by molar-refractivity contribution is -0.675. The molecule has 0 aliphatic heterocycles. The zero-order valence-electron chi connectivity index (χ0n) is 15.8. The molecule has 6 heteroatoms. The number of quaternary nitrogens is 1. The molecule has 1 aromatic heterocycles. The van der Waals surface area contributed by atoms with Crippen LogP contribution in [-0.2, 0) is 4.79 Å². The number of rotatable bonds is 7. The van der Waals surface area contributed by atoms with Crippen LogP contribution in [0, 0.1) is 11.6 Å². The largest absolute Gasteiger partial charge is 0.328 e. The molecular formula is C22H23F2N2OS+. The van der Waals surface area contributed by atoms with Crippen molar-refractivity contribution >= 4 is 22.9 Å². The van der Waals surface area contributed by atoms with Gasteiger partial charge in [-0.2, -0.15) is 0 Å². The molecule has 0 aliphatic rings. The van der Waals surface area contributed by atoms with Crippen LogP contribution in [-0.4, -0.2) is 12.5 Å². The Morgan fingerprint density at radius 1 is 1.07 bits per heavy atom. The summed E-state index contributed by atoms with van der Waals surface area (Å²) in [5.41, 5.74) is 2.35. The molecule has 3 N–H and O–H groups in total. The number of halogens is 2. The monoisotopic (exact) mass is 401 g/mol. The number of hydrogen-bond donors (Lipinski definition) is 2. The Morgan fingerprint density at radius 2 is 1.79 bits per heavy atom. The summed E-state index contributed by atoms with van der Waals surface area (Å²) in [6, 6.07) is 15.5. The maximum atomic E-state index is 13.7. The Hall–Kier alpha value is -2.57. The average molecular weight is 402 g/mol. The van der Waals surface area contributed by atoms with E-state index in [1.165, 1.54) is 11.6 Å². The minimum atomic E-state index is -0.785. The molecule has 0 aliphatic carbocycles. The van der Waals surface area contributed by atoms with E-state index in [1.54, 1.807) is 11.3 Å². The molecule has 146 valence electrons. The Balaban J connectivity index is 1.71. The van der Waals surface area contributed by atoms with Gasteiger partial charge in [0.25, 0.3) is 5.91 Å². The van der Waals surface area contributed by atoms with Gasteiger partial charge in [-0.1, -0.05) is 44.2 Å². The lowest BCUT2D eigenvalue weighted by atomic mass is 9.98. The van der Waals surface area contributed by atoms with Crippen LogP contribution >= 0.6 is 11.3 Å². The normalized spacial score (nSPS) is 12.2. The molecule has 0 spiro atoms. The summed E-state index contributed by atoms with van der Waals surface area (Å²) in [5, 5.41) is 6.44. The van der Waals surface area contributed by atoms with Crippen molar-refractivity contribution in [2.45, 2.75) is 25.8 Å². The minimum Gasteiger partial charge on any atom is -0.328 e. The van der Waals surface area contributed by atoms with Gasteiger partial charge in [0.15, 0.2) is 6.54 Å². The number of anilines is 1. The summed E-state index contributed by atoms with van der Waals surface area (Å²) < 4.78 is 26.7. The van der Waals surface area contributed by atoms with E-state index in [0.29, 0.717) is 5.92 Å². The van der Waals surface area contributed by atoms with E-state index >= 15 is 0 Å². The molecule has 0 saturated heterocycles. The van der Waals surface area contributed by atoms with Crippen molar-refractivity contribution in [1.82, 2.24) is 0 Å². The van der Waals surface area contributed by atoms with Crippen molar-refractivity contribution in [3.8, 4) is 0 Å². The molecule has 1 atom stereocenters. The predicted molar refractivity (Wildman–Crippen MR) is 108 cm³/mol. The van der Waals surface area contributed by atoms with Crippen LogP contribution in [0.5, 0.6) is 0 Å². The zero-order valence-corrected chi connectivity index (χ0v) is 16.6. The highest BCUT2D eigenvalue weighted by atomic mass is 32.1. The molecule has 28 heavy (non-hydrogen) atoms. The first-order valence-corrected chi connectivity index (χ1v) is 10.0. The Bertz CT molecular complexity index is 924. The van der Waals surface area contributed by atoms with Gasteiger partial charge in [-0.25, -0.2) is 8.78 Å². The zero-order chi connectivity index (χ0) is 20.1. The second-order valence-electron chi connectivity index (χ2n) is 6.93. The molecule has 0 radical (unpaired) electrons. The van der Waals surface area contributed by atoms with Crippen LogP contribution < -0.4 is 10.6 Å². The predicted octanol–water partition coefficient (Wildman–Crippen LogP) is 4.44. The van der Waals surface area contributed by atoms with Gasteiger partial charge in [0, 0.05) is 11.6 Å². The molecule has 0 fully saturated rings. The van der Waals surface area contributed by atoms with E-state index < -0.39 is 11.6 Å². The quantitative estimate of drug-likeness (QED) is 0.604. The van der Waals surface area contributed by atoms with Crippen molar-refractivity contribution in [3.05, 3.63) is 87.6 Å². The number of nitrogens with one attached hydrogen (secondary N) is 1. The highest BCUT2D eigenvalue weighted by Gasteiger charge is 2.20. The van der Waals surface area contributed by atoms with E-state index in [1.807, 2.05) is 22.8 Å². The average Bonchev–Trinajstić information content (AvgIpc) is 3.19. The van der Waals surface area contributed by atoms with E-state index in [4.69, 9.17) is 0 Å². The van der Waals surface area contributed by atoms with Crippen LogP contribution in [0.3, 0.4) is 0 Å². The van der Waals surface area contributed by atoms with E-state index in [9.17, 15) is 13.6 Å². The summed E-state index contributed by atoms with van der Waals surface area (Å²) in [6.07, 6.45) is 0. The topological polar surface area (TPSA) is 45.7 Å². The Labute approximate surface area is 167 Å². The maximum Gasteiger partial charge on any atom is 0.279 e. The third kappa shape index (κ3) is 5.03. The van der Waals surface area contributed by atoms with Gasteiger partial charge in [-0.15, -0.1) is 11.3 Å². The summed E-state index contributed by atoms with van der Waals surface area (Å²) in [7, 11) is 0. The van der Waals surface area contributed by atoms with Crippen molar-refractivity contribution in [2.24, 2.45) is 0 Å². The van der Waals surface area contributed by atoms with Gasteiger partial charge in [0.1, 0.15) is 17.7 Å². The maximum absolute atomic E-state index is 13.7. The standard InChI is InChI=1S/C22H22F2N2OS/c1-14(2)15-5-7-16(8-6-15)22(20-4-3-11-28-20)25-13-21(27)26-19-10-9-17(23)12-18(19)24/h3-12,14,22,25H,13H2,1-2H3,(H,26,27)/p+1/t22-/m1/s1. The number of benzene rings is 2. The van der Waals surface area contributed by atoms with Crippen LogP contribution in [0.4, 0.5) is 14.5 Å². The molecule has 2 aromatic carbocycles. The van der Waals surface area contributed by atoms with Gasteiger partial charge in [0.05, 0.1) is 10.6 Å². The first-order chi connectivity index (χ1) is 13.4.